The number of nitrogens with one attached hydrogen (secondary N) is 1. The number of amides is 1. The lowest BCUT2D eigenvalue weighted by Crippen LogP contribution is -2.48. The summed E-state index contributed by atoms with van der Waals surface area (Å²) in [6.45, 7) is 3.62. The number of hydrogen-bond donors (Lipinski definition) is 2. The average Bonchev–Trinajstić information content (AvgIpc) is 2.49. The van der Waals surface area contributed by atoms with Crippen LogP contribution in [0.5, 0.6) is 0 Å². The summed E-state index contributed by atoms with van der Waals surface area (Å²) < 4.78 is 0. The molecule has 0 aliphatic heterocycles. The zero-order valence-electron chi connectivity index (χ0n) is 12.7. The molecular formula is C18H20ClNO2. The minimum Gasteiger partial charge on any atom is -0.386 e. The van der Waals surface area contributed by atoms with Crippen molar-refractivity contribution in [1.29, 1.82) is 0 Å². The Morgan fingerprint density at radius 3 is 2.32 bits per heavy atom. The summed E-state index contributed by atoms with van der Waals surface area (Å²) in [5, 5.41) is 14.0. The van der Waals surface area contributed by atoms with E-state index in [9.17, 15) is 9.90 Å². The maximum atomic E-state index is 12.2. The van der Waals surface area contributed by atoms with E-state index in [1.54, 1.807) is 12.1 Å². The molecule has 0 heterocycles. The molecular weight excluding hydrogens is 298 g/mol. The molecule has 2 N–H and O–H groups in total. The first-order chi connectivity index (χ1) is 10.4. The Labute approximate surface area is 135 Å². The standard InChI is InChI=1S/C18H20ClNO2/c1-18(2,17(22)14-6-4-3-5-7-14)20-16(21)12-13-8-10-15(19)11-9-13/h3-11,17,22H,12H2,1-2H3,(H,20,21)/t17-/m0/s1. The Morgan fingerprint density at radius 1 is 1.14 bits per heavy atom. The molecule has 4 heteroatoms. The summed E-state index contributed by atoms with van der Waals surface area (Å²) in [5.41, 5.74) is 0.899. The van der Waals surface area contributed by atoms with Crippen LogP contribution in [0.3, 0.4) is 0 Å². The third-order valence-corrected chi connectivity index (χ3v) is 3.79. The first-order valence-corrected chi connectivity index (χ1v) is 7.55. The summed E-state index contributed by atoms with van der Waals surface area (Å²) in [4.78, 5) is 12.2. The van der Waals surface area contributed by atoms with Gasteiger partial charge in [-0.05, 0) is 37.1 Å². The summed E-state index contributed by atoms with van der Waals surface area (Å²) in [5.74, 6) is -0.137. The molecule has 1 amide bonds. The minimum absolute atomic E-state index is 0.137. The second kappa shape index (κ2) is 6.95. The lowest BCUT2D eigenvalue weighted by atomic mass is 9.91. The van der Waals surface area contributed by atoms with Gasteiger partial charge in [-0.25, -0.2) is 0 Å². The van der Waals surface area contributed by atoms with E-state index < -0.39 is 11.6 Å². The molecule has 0 aliphatic rings. The van der Waals surface area contributed by atoms with Gasteiger partial charge in [0.1, 0.15) is 6.10 Å². The largest absolute Gasteiger partial charge is 0.386 e. The van der Waals surface area contributed by atoms with Crippen molar-refractivity contribution in [2.75, 3.05) is 0 Å². The van der Waals surface area contributed by atoms with Gasteiger partial charge in [0.15, 0.2) is 0 Å². The highest BCUT2D eigenvalue weighted by Gasteiger charge is 2.30. The van der Waals surface area contributed by atoms with Gasteiger partial charge in [-0.1, -0.05) is 54.1 Å². The van der Waals surface area contributed by atoms with E-state index in [0.717, 1.165) is 11.1 Å². The third-order valence-electron chi connectivity index (χ3n) is 3.54. The van der Waals surface area contributed by atoms with Crippen LogP contribution in [0.2, 0.25) is 5.02 Å². The lowest BCUT2D eigenvalue weighted by Gasteiger charge is -2.32. The molecule has 0 unspecified atom stereocenters. The fourth-order valence-corrected chi connectivity index (χ4v) is 2.44. The SMILES string of the molecule is CC(C)(NC(=O)Cc1ccc(Cl)cc1)[C@@H](O)c1ccccc1. The van der Waals surface area contributed by atoms with Crippen molar-refractivity contribution in [1.82, 2.24) is 5.32 Å². The van der Waals surface area contributed by atoms with Gasteiger partial charge >= 0.3 is 0 Å². The Morgan fingerprint density at radius 2 is 1.73 bits per heavy atom. The predicted octanol–water partition coefficient (Wildman–Crippen LogP) is 3.51. The van der Waals surface area contributed by atoms with Crippen molar-refractivity contribution in [3.05, 3.63) is 70.7 Å². The van der Waals surface area contributed by atoms with Crippen LogP contribution in [0.25, 0.3) is 0 Å². The molecule has 0 saturated carbocycles. The molecule has 0 bridgehead atoms. The monoisotopic (exact) mass is 317 g/mol. The number of hydrogen-bond acceptors (Lipinski definition) is 2. The summed E-state index contributed by atoms with van der Waals surface area (Å²) in [6.07, 6.45) is -0.523. The van der Waals surface area contributed by atoms with Gasteiger partial charge in [0.05, 0.1) is 12.0 Å². The second-order valence-electron chi connectivity index (χ2n) is 5.89. The van der Waals surface area contributed by atoms with E-state index in [1.807, 2.05) is 56.3 Å². The highest BCUT2D eigenvalue weighted by Crippen LogP contribution is 2.25. The van der Waals surface area contributed by atoms with E-state index >= 15 is 0 Å². The molecule has 0 fully saturated rings. The van der Waals surface area contributed by atoms with Crippen molar-refractivity contribution in [3.8, 4) is 0 Å². The van der Waals surface area contributed by atoms with E-state index in [2.05, 4.69) is 5.32 Å². The summed E-state index contributed by atoms with van der Waals surface area (Å²) in [6, 6.07) is 16.5. The van der Waals surface area contributed by atoms with Gasteiger partial charge in [0.25, 0.3) is 0 Å². The molecule has 0 radical (unpaired) electrons. The van der Waals surface area contributed by atoms with Crippen LogP contribution in [-0.2, 0) is 11.2 Å². The second-order valence-corrected chi connectivity index (χ2v) is 6.32. The molecule has 0 saturated heterocycles. The highest BCUT2D eigenvalue weighted by atomic mass is 35.5. The molecule has 0 aliphatic carbocycles. The van der Waals surface area contributed by atoms with Gasteiger partial charge in [-0.15, -0.1) is 0 Å². The number of rotatable bonds is 5. The van der Waals surface area contributed by atoms with Crippen LogP contribution < -0.4 is 5.32 Å². The molecule has 2 aromatic rings. The van der Waals surface area contributed by atoms with Crippen molar-refractivity contribution in [2.45, 2.75) is 31.9 Å². The fourth-order valence-electron chi connectivity index (χ4n) is 2.31. The Bertz CT molecular complexity index is 623. The summed E-state index contributed by atoms with van der Waals surface area (Å²) in [7, 11) is 0. The molecule has 116 valence electrons. The van der Waals surface area contributed by atoms with Crippen molar-refractivity contribution in [2.24, 2.45) is 0 Å². The molecule has 3 nitrogen and oxygen atoms in total. The molecule has 2 rings (SSSR count). The van der Waals surface area contributed by atoms with E-state index in [4.69, 9.17) is 11.6 Å². The zero-order chi connectivity index (χ0) is 16.2. The van der Waals surface area contributed by atoms with Gasteiger partial charge in [-0.3, -0.25) is 4.79 Å². The average molecular weight is 318 g/mol. The van der Waals surface area contributed by atoms with Crippen LogP contribution in [0.4, 0.5) is 0 Å². The smallest absolute Gasteiger partial charge is 0.224 e. The van der Waals surface area contributed by atoms with Crippen molar-refractivity contribution >= 4 is 17.5 Å². The Balaban J connectivity index is 2.01. The van der Waals surface area contributed by atoms with Crippen molar-refractivity contribution < 1.29 is 9.90 Å². The molecule has 1 atom stereocenters. The topological polar surface area (TPSA) is 49.3 Å². The number of aliphatic hydroxyl groups is 1. The van der Waals surface area contributed by atoms with E-state index in [0.29, 0.717) is 5.02 Å². The van der Waals surface area contributed by atoms with Crippen LogP contribution in [0.1, 0.15) is 31.1 Å². The molecule has 0 aromatic heterocycles. The summed E-state index contributed by atoms with van der Waals surface area (Å²) >= 11 is 5.83. The highest BCUT2D eigenvalue weighted by molar-refractivity contribution is 6.30. The number of aliphatic hydroxyl groups excluding tert-OH is 1. The first-order valence-electron chi connectivity index (χ1n) is 7.17. The quantitative estimate of drug-likeness (QED) is 0.886. The van der Waals surface area contributed by atoms with Gasteiger partial charge in [0.2, 0.25) is 5.91 Å². The predicted molar refractivity (Wildman–Crippen MR) is 88.8 cm³/mol. The number of carbonyl (C=O) groups excluding carboxylic acids is 1. The number of benzene rings is 2. The first kappa shape index (κ1) is 16.5. The van der Waals surface area contributed by atoms with Crippen LogP contribution >= 0.6 is 11.6 Å². The van der Waals surface area contributed by atoms with Crippen LogP contribution in [0.15, 0.2) is 54.6 Å². The van der Waals surface area contributed by atoms with Gasteiger partial charge < -0.3 is 10.4 Å². The van der Waals surface area contributed by atoms with Crippen molar-refractivity contribution in [3.63, 3.8) is 0 Å². The third kappa shape index (κ3) is 4.33. The maximum Gasteiger partial charge on any atom is 0.224 e. The fraction of sp³-hybridized carbons (Fsp3) is 0.278. The normalized spacial score (nSPS) is 12.7. The van der Waals surface area contributed by atoms with Crippen LogP contribution in [0, 0.1) is 0 Å². The minimum atomic E-state index is -0.775. The lowest BCUT2D eigenvalue weighted by molar-refractivity contribution is -0.123. The Kier molecular flexibility index (Phi) is 5.22. The molecule has 22 heavy (non-hydrogen) atoms. The van der Waals surface area contributed by atoms with Crippen LogP contribution in [-0.4, -0.2) is 16.6 Å². The zero-order valence-corrected chi connectivity index (χ0v) is 13.5. The van der Waals surface area contributed by atoms with E-state index in [1.165, 1.54) is 0 Å². The van der Waals surface area contributed by atoms with Gasteiger partial charge in [0, 0.05) is 5.02 Å². The Hall–Kier alpha value is -1.84. The van der Waals surface area contributed by atoms with E-state index in [-0.39, 0.29) is 12.3 Å². The molecule has 0 spiro atoms. The van der Waals surface area contributed by atoms with Gasteiger partial charge in [-0.2, -0.15) is 0 Å². The maximum absolute atomic E-state index is 12.2. The number of halogens is 1. The number of carbonyl (C=O) groups is 1. The molecule has 2 aromatic carbocycles.